The number of nitrogens with zero attached hydrogens (tertiary/aromatic N) is 1. The SMILES string of the molecule is CCN1c2ccccc2N[C@H]1C. The summed E-state index contributed by atoms with van der Waals surface area (Å²) in [6, 6.07) is 8.44. The molecule has 0 aliphatic carbocycles. The Bertz CT molecular complexity index is 283. The predicted octanol–water partition coefficient (Wildman–Crippen LogP) is 2.28. The highest BCUT2D eigenvalue weighted by Gasteiger charge is 2.22. The molecule has 0 amide bonds. The lowest BCUT2D eigenvalue weighted by molar-refractivity contribution is 0.748. The molecule has 0 saturated heterocycles. The molecule has 0 fully saturated rings. The predicted molar refractivity (Wildman–Crippen MR) is 52.5 cm³/mol. The molecular formula is C10H14N2. The third kappa shape index (κ3) is 0.951. The minimum Gasteiger partial charge on any atom is -0.364 e. The van der Waals surface area contributed by atoms with Gasteiger partial charge in [0.25, 0.3) is 0 Å². The van der Waals surface area contributed by atoms with E-state index >= 15 is 0 Å². The van der Waals surface area contributed by atoms with Crippen molar-refractivity contribution in [3.63, 3.8) is 0 Å². The molecule has 1 heterocycles. The van der Waals surface area contributed by atoms with E-state index in [1.807, 2.05) is 0 Å². The fourth-order valence-electron chi connectivity index (χ4n) is 1.80. The molecule has 0 bridgehead atoms. The van der Waals surface area contributed by atoms with Crippen LogP contribution in [0.5, 0.6) is 0 Å². The van der Waals surface area contributed by atoms with Gasteiger partial charge in [0, 0.05) is 6.54 Å². The molecule has 0 radical (unpaired) electrons. The lowest BCUT2D eigenvalue weighted by Gasteiger charge is -2.21. The van der Waals surface area contributed by atoms with Crippen LogP contribution in [0.3, 0.4) is 0 Å². The first-order valence-corrected chi connectivity index (χ1v) is 4.45. The molecule has 0 unspecified atom stereocenters. The Morgan fingerprint density at radius 3 is 2.92 bits per heavy atom. The molecule has 1 atom stereocenters. The zero-order valence-electron chi connectivity index (χ0n) is 7.54. The summed E-state index contributed by atoms with van der Waals surface area (Å²) in [6.45, 7) is 5.43. The van der Waals surface area contributed by atoms with Crippen molar-refractivity contribution >= 4 is 11.4 Å². The Balaban J connectivity index is 2.40. The van der Waals surface area contributed by atoms with Gasteiger partial charge in [0.1, 0.15) is 0 Å². The topological polar surface area (TPSA) is 15.3 Å². The van der Waals surface area contributed by atoms with Crippen LogP contribution < -0.4 is 10.2 Å². The molecule has 0 spiro atoms. The van der Waals surface area contributed by atoms with Crippen molar-refractivity contribution in [3.05, 3.63) is 24.3 Å². The highest BCUT2D eigenvalue weighted by atomic mass is 15.3. The normalized spacial score (nSPS) is 20.5. The summed E-state index contributed by atoms with van der Waals surface area (Å²) in [5.41, 5.74) is 2.58. The molecule has 0 saturated carbocycles. The summed E-state index contributed by atoms with van der Waals surface area (Å²) in [4.78, 5) is 2.36. The molecule has 64 valence electrons. The second-order valence-electron chi connectivity index (χ2n) is 3.12. The lowest BCUT2D eigenvalue weighted by Crippen LogP contribution is -2.32. The van der Waals surface area contributed by atoms with Gasteiger partial charge in [-0.15, -0.1) is 0 Å². The molecule has 1 aromatic rings. The van der Waals surface area contributed by atoms with Crippen LogP contribution in [-0.4, -0.2) is 12.7 Å². The van der Waals surface area contributed by atoms with Gasteiger partial charge in [-0.1, -0.05) is 12.1 Å². The van der Waals surface area contributed by atoms with Crippen molar-refractivity contribution in [2.24, 2.45) is 0 Å². The van der Waals surface area contributed by atoms with Crippen molar-refractivity contribution in [3.8, 4) is 0 Å². The molecule has 2 rings (SSSR count). The van der Waals surface area contributed by atoms with Crippen LogP contribution in [0.1, 0.15) is 13.8 Å². The van der Waals surface area contributed by atoms with E-state index < -0.39 is 0 Å². The molecule has 1 aliphatic heterocycles. The summed E-state index contributed by atoms with van der Waals surface area (Å²) in [5, 5.41) is 3.42. The van der Waals surface area contributed by atoms with Crippen LogP contribution in [0.2, 0.25) is 0 Å². The van der Waals surface area contributed by atoms with E-state index in [4.69, 9.17) is 0 Å². The van der Waals surface area contributed by atoms with E-state index in [0.717, 1.165) is 6.54 Å². The van der Waals surface area contributed by atoms with E-state index in [1.54, 1.807) is 0 Å². The van der Waals surface area contributed by atoms with Crippen LogP contribution in [0.25, 0.3) is 0 Å². The average molecular weight is 162 g/mol. The number of rotatable bonds is 1. The smallest absolute Gasteiger partial charge is 0.0962 e. The third-order valence-electron chi connectivity index (χ3n) is 2.39. The zero-order valence-corrected chi connectivity index (χ0v) is 7.54. The van der Waals surface area contributed by atoms with Gasteiger partial charge in [-0.25, -0.2) is 0 Å². The number of anilines is 2. The van der Waals surface area contributed by atoms with Gasteiger partial charge in [0.2, 0.25) is 0 Å². The number of fused-ring (bicyclic) bond motifs is 1. The Hall–Kier alpha value is -1.18. The third-order valence-corrected chi connectivity index (χ3v) is 2.39. The fourth-order valence-corrected chi connectivity index (χ4v) is 1.80. The largest absolute Gasteiger partial charge is 0.364 e. The van der Waals surface area contributed by atoms with E-state index in [9.17, 15) is 0 Å². The van der Waals surface area contributed by atoms with Crippen LogP contribution in [0.4, 0.5) is 11.4 Å². The monoisotopic (exact) mass is 162 g/mol. The molecular weight excluding hydrogens is 148 g/mol. The average Bonchev–Trinajstić information content (AvgIpc) is 2.40. The number of hydrogen-bond donors (Lipinski definition) is 1. The van der Waals surface area contributed by atoms with Crippen molar-refractivity contribution < 1.29 is 0 Å². The molecule has 0 aromatic heterocycles. The van der Waals surface area contributed by atoms with Gasteiger partial charge in [-0.3, -0.25) is 0 Å². The van der Waals surface area contributed by atoms with Gasteiger partial charge in [-0.2, -0.15) is 0 Å². The second-order valence-corrected chi connectivity index (χ2v) is 3.12. The highest BCUT2D eigenvalue weighted by Crippen LogP contribution is 2.33. The summed E-state index contributed by atoms with van der Waals surface area (Å²) < 4.78 is 0. The quantitative estimate of drug-likeness (QED) is 0.681. The molecule has 1 aromatic carbocycles. The van der Waals surface area contributed by atoms with Crippen molar-refractivity contribution in [1.29, 1.82) is 0 Å². The van der Waals surface area contributed by atoms with Gasteiger partial charge in [0.05, 0.1) is 17.5 Å². The standard InChI is InChI=1S/C10H14N2/c1-3-12-8(2)11-9-6-4-5-7-10(9)12/h4-8,11H,3H2,1-2H3/t8-/m1/s1. The molecule has 12 heavy (non-hydrogen) atoms. The Labute approximate surface area is 73.2 Å². The van der Waals surface area contributed by atoms with E-state index in [2.05, 4.69) is 48.3 Å². The summed E-state index contributed by atoms with van der Waals surface area (Å²) in [7, 11) is 0. The van der Waals surface area contributed by atoms with Crippen LogP contribution >= 0.6 is 0 Å². The van der Waals surface area contributed by atoms with E-state index in [-0.39, 0.29) is 0 Å². The number of benzene rings is 1. The van der Waals surface area contributed by atoms with Gasteiger partial charge in [-0.05, 0) is 26.0 Å². The van der Waals surface area contributed by atoms with Crippen molar-refractivity contribution in [2.45, 2.75) is 20.0 Å². The van der Waals surface area contributed by atoms with Crippen LogP contribution in [0, 0.1) is 0 Å². The second kappa shape index (κ2) is 2.70. The van der Waals surface area contributed by atoms with E-state index in [0.29, 0.717) is 6.17 Å². The summed E-state index contributed by atoms with van der Waals surface area (Å²) in [6.07, 6.45) is 0.437. The van der Waals surface area contributed by atoms with Gasteiger partial charge < -0.3 is 10.2 Å². The zero-order chi connectivity index (χ0) is 8.55. The van der Waals surface area contributed by atoms with Crippen LogP contribution in [-0.2, 0) is 0 Å². The number of nitrogens with one attached hydrogen (secondary N) is 1. The maximum Gasteiger partial charge on any atom is 0.0962 e. The Morgan fingerprint density at radius 2 is 2.17 bits per heavy atom. The number of hydrogen-bond acceptors (Lipinski definition) is 2. The fraction of sp³-hybridized carbons (Fsp3) is 0.400. The maximum absolute atomic E-state index is 3.42. The minimum absolute atomic E-state index is 0.437. The summed E-state index contributed by atoms with van der Waals surface area (Å²) >= 11 is 0. The first-order valence-electron chi connectivity index (χ1n) is 4.45. The molecule has 1 aliphatic rings. The molecule has 2 heteroatoms. The van der Waals surface area contributed by atoms with Gasteiger partial charge >= 0.3 is 0 Å². The maximum atomic E-state index is 3.42. The van der Waals surface area contributed by atoms with Crippen molar-refractivity contribution in [2.75, 3.05) is 16.8 Å². The van der Waals surface area contributed by atoms with Gasteiger partial charge in [0.15, 0.2) is 0 Å². The minimum atomic E-state index is 0.437. The first kappa shape index (κ1) is 7.47. The Morgan fingerprint density at radius 1 is 1.42 bits per heavy atom. The molecule has 1 N–H and O–H groups in total. The lowest BCUT2D eigenvalue weighted by atomic mass is 10.3. The molecule has 2 nitrogen and oxygen atoms in total. The van der Waals surface area contributed by atoms with Crippen molar-refractivity contribution in [1.82, 2.24) is 0 Å². The van der Waals surface area contributed by atoms with Crippen LogP contribution in [0.15, 0.2) is 24.3 Å². The first-order chi connectivity index (χ1) is 5.83. The highest BCUT2D eigenvalue weighted by molar-refractivity contribution is 5.75. The van der Waals surface area contributed by atoms with E-state index in [1.165, 1.54) is 11.4 Å². The number of para-hydroxylation sites is 2. The Kier molecular flexibility index (Phi) is 1.68. The summed E-state index contributed by atoms with van der Waals surface area (Å²) in [5.74, 6) is 0.